The first kappa shape index (κ1) is 11.4. The van der Waals surface area contributed by atoms with Crippen LogP contribution >= 0.6 is 11.6 Å². The molecule has 0 aromatic heterocycles. The van der Waals surface area contributed by atoms with Gasteiger partial charge in [0.25, 0.3) is 0 Å². The molecule has 0 spiro atoms. The quantitative estimate of drug-likeness (QED) is 0.804. The van der Waals surface area contributed by atoms with Crippen molar-refractivity contribution in [3.63, 3.8) is 0 Å². The van der Waals surface area contributed by atoms with Gasteiger partial charge in [-0.15, -0.1) is 0 Å². The van der Waals surface area contributed by atoms with Crippen molar-refractivity contribution in [2.45, 2.75) is 18.8 Å². The minimum Gasteiger partial charge on any atom is -0.302 e. The highest BCUT2D eigenvalue weighted by Gasteiger charge is 2.18. The fourth-order valence-corrected chi connectivity index (χ4v) is 2.27. The molecule has 1 unspecified atom stereocenters. The third kappa shape index (κ3) is 2.75. The number of hydrogen-bond acceptors (Lipinski definition) is 2. The van der Waals surface area contributed by atoms with Crippen LogP contribution in [-0.4, -0.2) is 24.5 Å². The molecule has 1 atom stereocenters. The van der Waals surface area contributed by atoms with Crippen LogP contribution in [-0.2, 0) is 0 Å². The highest BCUT2D eigenvalue weighted by Crippen LogP contribution is 2.20. The van der Waals surface area contributed by atoms with Crippen molar-refractivity contribution in [2.24, 2.45) is 0 Å². The third-order valence-electron chi connectivity index (χ3n) is 3.07. The second kappa shape index (κ2) is 5.34. The summed E-state index contributed by atoms with van der Waals surface area (Å²) in [5, 5.41) is 9.92. The number of hydrogen-bond donors (Lipinski definition) is 0. The van der Waals surface area contributed by atoms with Crippen LogP contribution in [0.4, 0.5) is 0 Å². The van der Waals surface area contributed by atoms with Crippen molar-refractivity contribution < 1.29 is 0 Å². The van der Waals surface area contributed by atoms with Gasteiger partial charge in [-0.1, -0.05) is 23.7 Å². The lowest BCUT2D eigenvalue weighted by Gasteiger charge is -2.18. The second-order valence-electron chi connectivity index (χ2n) is 4.24. The Labute approximate surface area is 101 Å². The molecule has 0 amide bonds. The summed E-state index contributed by atoms with van der Waals surface area (Å²) in [5.41, 5.74) is 1.07. The Morgan fingerprint density at radius 2 is 1.88 bits per heavy atom. The normalized spacial score (nSPS) is 18.2. The van der Waals surface area contributed by atoms with Gasteiger partial charge in [0, 0.05) is 11.6 Å². The van der Waals surface area contributed by atoms with Gasteiger partial charge in [0.1, 0.15) is 0 Å². The van der Waals surface area contributed by atoms with Crippen molar-refractivity contribution in [1.29, 1.82) is 5.26 Å². The molecule has 3 heteroatoms. The molecule has 0 saturated carbocycles. The van der Waals surface area contributed by atoms with Crippen LogP contribution in [0.3, 0.4) is 0 Å². The van der Waals surface area contributed by atoms with E-state index in [4.69, 9.17) is 11.6 Å². The lowest BCUT2D eigenvalue weighted by molar-refractivity contribution is 0.332. The SMILES string of the molecule is N#CC(CN1CCCC1)c1ccc(Cl)cc1. The van der Waals surface area contributed by atoms with E-state index in [0.717, 1.165) is 30.2 Å². The second-order valence-corrected chi connectivity index (χ2v) is 4.68. The zero-order chi connectivity index (χ0) is 11.4. The van der Waals surface area contributed by atoms with Crippen molar-refractivity contribution >= 4 is 11.6 Å². The van der Waals surface area contributed by atoms with Gasteiger partial charge in [0.2, 0.25) is 0 Å². The first-order valence-electron chi connectivity index (χ1n) is 5.67. The van der Waals surface area contributed by atoms with Crippen LogP contribution < -0.4 is 0 Å². The number of rotatable bonds is 3. The summed E-state index contributed by atoms with van der Waals surface area (Å²) in [7, 11) is 0. The summed E-state index contributed by atoms with van der Waals surface area (Å²) >= 11 is 5.84. The molecular formula is C13H15ClN2. The Bertz CT molecular complexity index is 374. The molecule has 1 saturated heterocycles. The first-order chi connectivity index (χ1) is 7.79. The number of nitrogens with zero attached hydrogens (tertiary/aromatic N) is 2. The van der Waals surface area contributed by atoms with Crippen molar-refractivity contribution in [3.8, 4) is 6.07 Å². The molecule has 84 valence electrons. The van der Waals surface area contributed by atoms with E-state index in [9.17, 15) is 5.26 Å². The standard InChI is InChI=1S/C13H15ClN2/c14-13-5-3-11(4-6-13)12(9-15)10-16-7-1-2-8-16/h3-6,12H,1-2,7-8,10H2. The molecule has 1 heterocycles. The monoisotopic (exact) mass is 234 g/mol. The lowest BCUT2D eigenvalue weighted by Crippen LogP contribution is -2.24. The predicted molar refractivity (Wildman–Crippen MR) is 65.5 cm³/mol. The van der Waals surface area contributed by atoms with E-state index in [-0.39, 0.29) is 5.92 Å². The number of likely N-dealkylation sites (tertiary alicyclic amines) is 1. The van der Waals surface area contributed by atoms with Gasteiger partial charge < -0.3 is 4.90 Å². The van der Waals surface area contributed by atoms with E-state index >= 15 is 0 Å². The number of benzene rings is 1. The van der Waals surface area contributed by atoms with Crippen LogP contribution in [0.15, 0.2) is 24.3 Å². The van der Waals surface area contributed by atoms with E-state index < -0.39 is 0 Å². The summed E-state index contributed by atoms with van der Waals surface area (Å²) in [6, 6.07) is 9.99. The predicted octanol–water partition coefficient (Wildman–Crippen LogP) is 3.04. The van der Waals surface area contributed by atoms with Crippen LogP contribution in [0.1, 0.15) is 24.3 Å². The largest absolute Gasteiger partial charge is 0.302 e. The summed E-state index contributed by atoms with van der Waals surface area (Å²) in [4.78, 5) is 2.36. The van der Waals surface area contributed by atoms with Crippen molar-refractivity contribution in [2.75, 3.05) is 19.6 Å². The van der Waals surface area contributed by atoms with E-state index in [1.807, 2.05) is 24.3 Å². The summed E-state index contributed by atoms with van der Waals surface area (Å²) < 4.78 is 0. The summed E-state index contributed by atoms with van der Waals surface area (Å²) in [6.07, 6.45) is 2.53. The molecule has 0 aliphatic carbocycles. The maximum absolute atomic E-state index is 9.20. The van der Waals surface area contributed by atoms with Gasteiger partial charge in [0.15, 0.2) is 0 Å². The Morgan fingerprint density at radius 3 is 2.44 bits per heavy atom. The molecular weight excluding hydrogens is 220 g/mol. The molecule has 0 radical (unpaired) electrons. The lowest BCUT2D eigenvalue weighted by atomic mass is 10.0. The number of nitriles is 1. The Morgan fingerprint density at radius 1 is 1.25 bits per heavy atom. The highest BCUT2D eigenvalue weighted by molar-refractivity contribution is 6.30. The van der Waals surface area contributed by atoms with E-state index in [1.54, 1.807) is 0 Å². The van der Waals surface area contributed by atoms with Crippen LogP contribution in [0.2, 0.25) is 5.02 Å². The highest BCUT2D eigenvalue weighted by atomic mass is 35.5. The molecule has 2 rings (SSSR count). The minimum absolute atomic E-state index is 0.0321. The zero-order valence-corrected chi connectivity index (χ0v) is 9.95. The van der Waals surface area contributed by atoms with Crippen molar-refractivity contribution in [1.82, 2.24) is 4.90 Å². The topological polar surface area (TPSA) is 27.0 Å². The molecule has 16 heavy (non-hydrogen) atoms. The minimum atomic E-state index is -0.0321. The first-order valence-corrected chi connectivity index (χ1v) is 6.05. The Hall–Kier alpha value is -1.04. The molecule has 1 fully saturated rings. The molecule has 0 bridgehead atoms. The maximum Gasteiger partial charge on any atom is 0.0839 e. The average molecular weight is 235 g/mol. The van der Waals surface area contributed by atoms with Gasteiger partial charge in [-0.05, 0) is 43.6 Å². The molecule has 2 nitrogen and oxygen atoms in total. The molecule has 1 aromatic rings. The van der Waals surface area contributed by atoms with Gasteiger partial charge in [-0.3, -0.25) is 0 Å². The summed E-state index contributed by atoms with van der Waals surface area (Å²) in [6.45, 7) is 3.11. The van der Waals surface area contributed by atoms with E-state index in [2.05, 4.69) is 11.0 Å². The maximum atomic E-state index is 9.20. The fraction of sp³-hybridized carbons (Fsp3) is 0.462. The van der Waals surface area contributed by atoms with Crippen LogP contribution in [0, 0.1) is 11.3 Å². The smallest absolute Gasteiger partial charge is 0.0839 e. The molecule has 1 aromatic carbocycles. The van der Waals surface area contributed by atoms with Gasteiger partial charge in [-0.25, -0.2) is 0 Å². The van der Waals surface area contributed by atoms with Gasteiger partial charge in [0.05, 0.1) is 12.0 Å². The van der Waals surface area contributed by atoms with Gasteiger partial charge in [-0.2, -0.15) is 5.26 Å². The van der Waals surface area contributed by atoms with E-state index in [1.165, 1.54) is 12.8 Å². The summed E-state index contributed by atoms with van der Waals surface area (Å²) in [5.74, 6) is -0.0321. The molecule has 0 N–H and O–H groups in total. The van der Waals surface area contributed by atoms with Crippen molar-refractivity contribution in [3.05, 3.63) is 34.9 Å². The van der Waals surface area contributed by atoms with Crippen LogP contribution in [0.25, 0.3) is 0 Å². The number of halogens is 1. The van der Waals surface area contributed by atoms with E-state index in [0.29, 0.717) is 0 Å². The Balaban J connectivity index is 2.04. The molecule has 1 aliphatic heterocycles. The third-order valence-corrected chi connectivity index (χ3v) is 3.32. The molecule has 1 aliphatic rings. The average Bonchev–Trinajstić information content (AvgIpc) is 2.80. The zero-order valence-electron chi connectivity index (χ0n) is 9.19. The van der Waals surface area contributed by atoms with Gasteiger partial charge >= 0.3 is 0 Å². The Kier molecular flexibility index (Phi) is 3.82. The fourth-order valence-electron chi connectivity index (χ4n) is 2.14. The van der Waals surface area contributed by atoms with Crippen LogP contribution in [0.5, 0.6) is 0 Å².